The van der Waals surface area contributed by atoms with Crippen molar-refractivity contribution in [3.05, 3.63) is 12.2 Å². The van der Waals surface area contributed by atoms with E-state index in [1.807, 2.05) is 6.33 Å². The van der Waals surface area contributed by atoms with Crippen molar-refractivity contribution in [2.24, 2.45) is 11.7 Å². The van der Waals surface area contributed by atoms with E-state index in [1.54, 1.807) is 0 Å². The number of hydrogen-bond acceptors (Lipinski definition) is 3. The molecule has 0 radical (unpaired) electrons. The Bertz CT molecular complexity index is 315. The van der Waals surface area contributed by atoms with Crippen LogP contribution in [0.25, 0.3) is 0 Å². The van der Waals surface area contributed by atoms with E-state index in [1.165, 1.54) is 19.3 Å². The van der Waals surface area contributed by atoms with Crippen LogP contribution in [0.3, 0.4) is 0 Å². The molecule has 1 aliphatic rings. The molecular formula is C12H22N4. The molecule has 1 aliphatic carbocycles. The molecule has 0 aliphatic heterocycles. The summed E-state index contributed by atoms with van der Waals surface area (Å²) in [4.78, 5) is 0. The Balaban J connectivity index is 1.81. The summed E-state index contributed by atoms with van der Waals surface area (Å²) in [7, 11) is 0. The lowest BCUT2D eigenvalue weighted by Crippen LogP contribution is -2.37. The molecule has 4 heteroatoms. The number of rotatable bonds is 6. The molecule has 0 atom stereocenters. The van der Waals surface area contributed by atoms with Gasteiger partial charge in [-0.25, -0.2) is 0 Å². The Morgan fingerprint density at radius 3 is 2.94 bits per heavy atom. The molecule has 0 amide bonds. The van der Waals surface area contributed by atoms with E-state index in [0.717, 1.165) is 37.5 Å². The Labute approximate surface area is 97.2 Å². The summed E-state index contributed by atoms with van der Waals surface area (Å²) in [5.41, 5.74) is 5.79. The van der Waals surface area contributed by atoms with Gasteiger partial charge in [0, 0.05) is 19.0 Å². The van der Waals surface area contributed by atoms with Gasteiger partial charge in [0.2, 0.25) is 0 Å². The standard InChI is InChI=1S/C12H22N4/c1-2-3-4-5-16-9-14-15-12(16)8-10-6-11(13)7-10/h9-11H,2-8,13H2,1H3. The van der Waals surface area contributed by atoms with Crippen LogP contribution in [0.4, 0.5) is 0 Å². The highest BCUT2D eigenvalue weighted by Crippen LogP contribution is 2.28. The molecule has 1 saturated carbocycles. The summed E-state index contributed by atoms with van der Waals surface area (Å²) in [6.07, 6.45) is 9.00. The van der Waals surface area contributed by atoms with Gasteiger partial charge >= 0.3 is 0 Å². The predicted molar refractivity (Wildman–Crippen MR) is 64.0 cm³/mol. The van der Waals surface area contributed by atoms with E-state index in [2.05, 4.69) is 21.7 Å². The van der Waals surface area contributed by atoms with Gasteiger partial charge in [0.1, 0.15) is 12.2 Å². The molecule has 1 aromatic rings. The number of nitrogens with zero attached hydrogens (tertiary/aromatic N) is 3. The SMILES string of the molecule is CCCCCn1cnnc1CC1CC(N)C1. The Morgan fingerprint density at radius 2 is 2.25 bits per heavy atom. The normalized spacial score (nSPS) is 24.4. The van der Waals surface area contributed by atoms with Crippen LogP contribution in [0, 0.1) is 5.92 Å². The lowest BCUT2D eigenvalue weighted by Gasteiger charge is -2.32. The Kier molecular flexibility index (Phi) is 3.93. The fourth-order valence-corrected chi connectivity index (χ4v) is 2.37. The van der Waals surface area contributed by atoms with Gasteiger partial charge in [0.05, 0.1) is 0 Å². The van der Waals surface area contributed by atoms with Crippen LogP contribution in [0.2, 0.25) is 0 Å². The van der Waals surface area contributed by atoms with Crippen LogP contribution in [0.5, 0.6) is 0 Å². The highest BCUT2D eigenvalue weighted by atomic mass is 15.3. The first-order valence-corrected chi connectivity index (χ1v) is 6.42. The van der Waals surface area contributed by atoms with Crippen LogP contribution >= 0.6 is 0 Å². The molecule has 0 aromatic carbocycles. The molecule has 1 aromatic heterocycles. The maximum atomic E-state index is 5.79. The maximum absolute atomic E-state index is 5.79. The van der Waals surface area contributed by atoms with Gasteiger partial charge in [-0.15, -0.1) is 10.2 Å². The first-order chi connectivity index (χ1) is 7.79. The van der Waals surface area contributed by atoms with Crippen LogP contribution in [0.1, 0.15) is 44.9 Å². The van der Waals surface area contributed by atoms with E-state index in [0.29, 0.717) is 6.04 Å². The first kappa shape index (κ1) is 11.6. The van der Waals surface area contributed by atoms with Gasteiger partial charge < -0.3 is 10.3 Å². The second-order valence-corrected chi connectivity index (χ2v) is 4.95. The zero-order valence-corrected chi connectivity index (χ0v) is 10.1. The van der Waals surface area contributed by atoms with Gasteiger partial charge in [-0.2, -0.15) is 0 Å². The lowest BCUT2D eigenvalue weighted by atomic mass is 9.79. The van der Waals surface area contributed by atoms with Crippen molar-refractivity contribution < 1.29 is 0 Å². The number of hydrogen-bond donors (Lipinski definition) is 1. The molecule has 1 heterocycles. The quantitative estimate of drug-likeness (QED) is 0.746. The van der Waals surface area contributed by atoms with E-state index in [9.17, 15) is 0 Å². The third-order valence-electron chi connectivity index (χ3n) is 3.44. The molecule has 90 valence electrons. The topological polar surface area (TPSA) is 56.7 Å². The van der Waals surface area contributed by atoms with Crippen molar-refractivity contribution in [3.8, 4) is 0 Å². The fraction of sp³-hybridized carbons (Fsp3) is 0.833. The highest BCUT2D eigenvalue weighted by Gasteiger charge is 2.27. The molecule has 1 fully saturated rings. The fourth-order valence-electron chi connectivity index (χ4n) is 2.37. The third kappa shape index (κ3) is 2.82. The number of unbranched alkanes of at least 4 members (excludes halogenated alkanes) is 2. The average Bonchev–Trinajstić information content (AvgIpc) is 2.64. The maximum Gasteiger partial charge on any atom is 0.133 e. The van der Waals surface area contributed by atoms with E-state index in [-0.39, 0.29) is 0 Å². The summed E-state index contributed by atoms with van der Waals surface area (Å²) < 4.78 is 2.21. The number of nitrogens with two attached hydrogens (primary N) is 1. The summed E-state index contributed by atoms with van der Waals surface area (Å²) in [5, 5.41) is 8.23. The van der Waals surface area contributed by atoms with Crippen molar-refractivity contribution in [2.45, 2.75) is 58.0 Å². The van der Waals surface area contributed by atoms with E-state index >= 15 is 0 Å². The summed E-state index contributed by atoms with van der Waals surface area (Å²) >= 11 is 0. The molecule has 2 rings (SSSR count). The number of aromatic nitrogens is 3. The second-order valence-electron chi connectivity index (χ2n) is 4.95. The van der Waals surface area contributed by atoms with Gasteiger partial charge in [0.25, 0.3) is 0 Å². The van der Waals surface area contributed by atoms with E-state index < -0.39 is 0 Å². The molecule has 2 N–H and O–H groups in total. The molecule has 0 spiro atoms. The van der Waals surface area contributed by atoms with Gasteiger partial charge in [-0.05, 0) is 25.2 Å². The van der Waals surface area contributed by atoms with Crippen molar-refractivity contribution in [2.75, 3.05) is 0 Å². The van der Waals surface area contributed by atoms with Crippen molar-refractivity contribution in [3.63, 3.8) is 0 Å². The van der Waals surface area contributed by atoms with Crippen LogP contribution in [-0.2, 0) is 13.0 Å². The first-order valence-electron chi connectivity index (χ1n) is 6.42. The van der Waals surface area contributed by atoms with Crippen molar-refractivity contribution in [1.29, 1.82) is 0 Å². The minimum Gasteiger partial charge on any atom is -0.328 e. The van der Waals surface area contributed by atoms with Gasteiger partial charge in [0.15, 0.2) is 0 Å². The van der Waals surface area contributed by atoms with Crippen LogP contribution in [0.15, 0.2) is 6.33 Å². The van der Waals surface area contributed by atoms with Crippen LogP contribution < -0.4 is 5.73 Å². The highest BCUT2D eigenvalue weighted by molar-refractivity contribution is 4.94. The average molecular weight is 222 g/mol. The second kappa shape index (κ2) is 5.43. The van der Waals surface area contributed by atoms with Crippen molar-refractivity contribution >= 4 is 0 Å². The zero-order valence-electron chi connectivity index (χ0n) is 10.1. The minimum atomic E-state index is 0.432. The summed E-state index contributed by atoms with van der Waals surface area (Å²) in [6, 6.07) is 0.432. The molecular weight excluding hydrogens is 200 g/mol. The monoisotopic (exact) mass is 222 g/mol. The van der Waals surface area contributed by atoms with Gasteiger partial charge in [-0.3, -0.25) is 0 Å². The van der Waals surface area contributed by atoms with Gasteiger partial charge in [-0.1, -0.05) is 19.8 Å². The largest absolute Gasteiger partial charge is 0.328 e. The molecule has 0 saturated heterocycles. The Hall–Kier alpha value is -0.900. The lowest BCUT2D eigenvalue weighted by molar-refractivity contribution is 0.258. The molecule has 0 bridgehead atoms. The molecule has 0 unspecified atom stereocenters. The molecule has 4 nitrogen and oxygen atoms in total. The number of aryl methyl sites for hydroxylation is 1. The summed E-state index contributed by atoms with van der Waals surface area (Å²) in [6.45, 7) is 3.29. The zero-order chi connectivity index (χ0) is 11.4. The summed E-state index contributed by atoms with van der Waals surface area (Å²) in [5.74, 6) is 1.89. The predicted octanol–water partition coefficient (Wildman–Crippen LogP) is 1.75. The molecule has 16 heavy (non-hydrogen) atoms. The smallest absolute Gasteiger partial charge is 0.133 e. The van der Waals surface area contributed by atoms with Crippen LogP contribution in [-0.4, -0.2) is 20.8 Å². The minimum absolute atomic E-state index is 0.432. The van der Waals surface area contributed by atoms with E-state index in [4.69, 9.17) is 5.73 Å². The van der Waals surface area contributed by atoms with Crippen molar-refractivity contribution in [1.82, 2.24) is 14.8 Å². The third-order valence-corrected chi connectivity index (χ3v) is 3.44. The Morgan fingerprint density at radius 1 is 1.44 bits per heavy atom.